The first-order valence-electron chi connectivity index (χ1n) is 8.06. The smallest absolute Gasteiger partial charge is 0.272 e. The van der Waals surface area contributed by atoms with Crippen molar-refractivity contribution in [3.63, 3.8) is 0 Å². The van der Waals surface area contributed by atoms with E-state index in [4.69, 9.17) is 4.74 Å². The predicted molar refractivity (Wildman–Crippen MR) is 92.9 cm³/mol. The Hall–Kier alpha value is -2.30. The van der Waals surface area contributed by atoms with Gasteiger partial charge in [0.15, 0.2) is 5.75 Å². The molecule has 1 aliphatic heterocycles. The van der Waals surface area contributed by atoms with Gasteiger partial charge >= 0.3 is 0 Å². The summed E-state index contributed by atoms with van der Waals surface area (Å²) in [7, 11) is 0. The molecule has 2 aromatic carbocycles. The number of anilines is 2. The van der Waals surface area contributed by atoms with Gasteiger partial charge in [-0.2, -0.15) is 0 Å². The van der Waals surface area contributed by atoms with Gasteiger partial charge in [0.1, 0.15) is 5.69 Å². The molecule has 1 fully saturated rings. The molecule has 0 unspecified atom stereocenters. The summed E-state index contributed by atoms with van der Waals surface area (Å²) in [6, 6.07) is 6.46. The first kappa shape index (κ1) is 15.6. The van der Waals surface area contributed by atoms with E-state index < -0.39 is 10.9 Å². The maximum Gasteiger partial charge on any atom is 0.272 e. The third-order valence-electron chi connectivity index (χ3n) is 4.43. The topological polar surface area (TPSA) is 49.9 Å². The standard InChI is InChI=1S/C18H22N2O3/c1-4-23-18-15(16(21)17(18)22)20-9-7-19(8-10-20)14-11-12(2)5-6-13(14)3/h5-6,11H,4,7-10H2,1-3H3. The number of aryl methyl sites for hydroxylation is 2. The highest BCUT2D eigenvalue weighted by Crippen LogP contribution is 2.27. The summed E-state index contributed by atoms with van der Waals surface area (Å²) in [5, 5.41) is 0. The number of nitrogens with zero attached hydrogens (tertiary/aromatic N) is 2. The van der Waals surface area contributed by atoms with Crippen LogP contribution in [0.1, 0.15) is 18.1 Å². The lowest BCUT2D eigenvalue weighted by atomic mass is 10.1. The van der Waals surface area contributed by atoms with Crippen LogP contribution in [-0.2, 0) is 0 Å². The molecule has 0 amide bonds. The van der Waals surface area contributed by atoms with E-state index in [0.717, 1.165) is 26.2 Å². The van der Waals surface area contributed by atoms with Gasteiger partial charge in [-0.3, -0.25) is 9.59 Å². The fourth-order valence-corrected chi connectivity index (χ4v) is 3.16. The van der Waals surface area contributed by atoms with Gasteiger partial charge in [-0.15, -0.1) is 0 Å². The molecule has 0 bridgehead atoms. The van der Waals surface area contributed by atoms with Crippen molar-refractivity contribution in [2.75, 3.05) is 42.6 Å². The Bertz CT molecular complexity index is 782. The summed E-state index contributed by atoms with van der Waals surface area (Å²) < 4.78 is 5.33. The third-order valence-corrected chi connectivity index (χ3v) is 4.43. The highest BCUT2D eigenvalue weighted by molar-refractivity contribution is 5.65. The molecule has 0 aliphatic carbocycles. The molecule has 23 heavy (non-hydrogen) atoms. The first-order valence-corrected chi connectivity index (χ1v) is 8.06. The lowest BCUT2D eigenvalue weighted by Gasteiger charge is -2.38. The monoisotopic (exact) mass is 314 g/mol. The molecule has 1 saturated heterocycles. The van der Waals surface area contributed by atoms with Gasteiger partial charge in [0.2, 0.25) is 0 Å². The Balaban J connectivity index is 1.74. The maximum absolute atomic E-state index is 11.9. The highest BCUT2D eigenvalue weighted by Gasteiger charge is 2.29. The van der Waals surface area contributed by atoms with Crippen LogP contribution in [0.25, 0.3) is 0 Å². The highest BCUT2D eigenvalue weighted by atomic mass is 16.5. The van der Waals surface area contributed by atoms with Crippen molar-refractivity contribution in [2.24, 2.45) is 0 Å². The van der Waals surface area contributed by atoms with Crippen molar-refractivity contribution in [3.8, 4) is 5.75 Å². The summed E-state index contributed by atoms with van der Waals surface area (Å²) in [5.74, 6) is 0.248. The Morgan fingerprint density at radius 2 is 1.65 bits per heavy atom. The average Bonchev–Trinajstić information content (AvgIpc) is 2.57. The van der Waals surface area contributed by atoms with Gasteiger partial charge in [0, 0.05) is 31.9 Å². The molecule has 0 atom stereocenters. The molecular weight excluding hydrogens is 292 g/mol. The van der Waals surface area contributed by atoms with Crippen LogP contribution in [0, 0.1) is 13.8 Å². The second kappa shape index (κ2) is 6.07. The average molecular weight is 314 g/mol. The molecule has 0 radical (unpaired) electrons. The van der Waals surface area contributed by atoms with Crippen molar-refractivity contribution < 1.29 is 4.74 Å². The molecule has 5 heteroatoms. The molecule has 1 aliphatic rings. The fraction of sp³-hybridized carbons (Fsp3) is 0.444. The maximum atomic E-state index is 11.9. The largest absolute Gasteiger partial charge is 0.488 e. The number of hydrogen-bond acceptors (Lipinski definition) is 5. The van der Waals surface area contributed by atoms with Crippen molar-refractivity contribution >= 4 is 11.4 Å². The minimum absolute atomic E-state index is 0.248. The SMILES string of the molecule is CCOc1c(N2CCN(c3cc(C)ccc3C)CC2)c(=O)c1=O. The van der Waals surface area contributed by atoms with Crippen molar-refractivity contribution in [1.29, 1.82) is 0 Å². The van der Waals surface area contributed by atoms with E-state index in [2.05, 4.69) is 36.9 Å². The quantitative estimate of drug-likeness (QED) is 0.803. The molecule has 0 aromatic heterocycles. The summed E-state index contributed by atoms with van der Waals surface area (Å²) >= 11 is 0. The summed E-state index contributed by atoms with van der Waals surface area (Å²) in [4.78, 5) is 27.8. The van der Waals surface area contributed by atoms with Gasteiger partial charge in [-0.25, -0.2) is 0 Å². The lowest BCUT2D eigenvalue weighted by Crippen LogP contribution is -2.51. The first-order chi connectivity index (χ1) is 11.0. The van der Waals surface area contributed by atoms with Crippen LogP contribution in [0.5, 0.6) is 5.75 Å². The Morgan fingerprint density at radius 1 is 1.00 bits per heavy atom. The van der Waals surface area contributed by atoms with Gasteiger partial charge in [0.25, 0.3) is 10.9 Å². The molecule has 5 nitrogen and oxygen atoms in total. The zero-order chi connectivity index (χ0) is 16.6. The second-order valence-corrected chi connectivity index (χ2v) is 6.03. The minimum atomic E-state index is -0.487. The second-order valence-electron chi connectivity index (χ2n) is 6.03. The van der Waals surface area contributed by atoms with E-state index in [0.29, 0.717) is 12.3 Å². The summed E-state index contributed by atoms with van der Waals surface area (Å²) in [6.45, 7) is 9.53. The van der Waals surface area contributed by atoms with Crippen LogP contribution in [0.3, 0.4) is 0 Å². The Labute approximate surface area is 135 Å². The minimum Gasteiger partial charge on any atom is -0.488 e. The van der Waals surface area contributed by atoms with E-state index in [9.17, 15) is 9.59 Å². The molecule has 0 saturated carbocycles. The van der Waals surface area contributed by atoms with Gasteiger partial charge < -0.3 is 14.5 Å². The van der Waals surface area contributed by atoms with Crippen LogP contribution in [0.4, 0.5) is 11.4 Å². The van der Waals surface area contributed by atoms with Crippen molar-refractivity contribution in [2.45, 2.75) is 20.8 Å². The van der Waals surface area contributed by atoms with E-state index in [-0.39, 0.29) is 5.75 Å². The van der Waals surface area contributed by atoms with Crippen LogP contribution >= 0.6 is 0 Å². The zero-order valence-electron chi connectivity index (χ0n) is 13.9. The van der Waals surface area contributed by atoms with E-state index in [1.165, 1.54) is 16.8 Å². The number of hydrogen-bond donors (Lipinski definition) is 0. The molecule has 0 N–H and O–H groups in total. The van der Waals surface area contributed by atoms with E-state index in [1.54, 1.807) is 0 Å². The molecule has 122 valence electrons. The lowest BCUT2D eigenvalue weighted by molar-refractivity contribution is 0.332. The predicted octanol–water partition coefficient (Wildman–Crippen LogP) is 1.62. The van der Waals surface area contributed by atoms with Crippen LogP contribution in [0.15, 0.2) is 27.8 Å². The summed E-state index contributed by atoms with van der Waals surface area (Å²) in [5.41, 5.74) is 3.33. The molecule has 2 aromatic rings. The molecule has 3 rings (SSSR count). The molecular formula is C18H22N2O3. The van der Waals surface area contributed by atoms with Gasteiger partial charge in [-0.1, -0.05) is 12.1 Å². The van der Waals surface area contributed by atoms with Crippen LogP contribution in [-0.4, -0.2) is 32.8 Å². The van der Waals surface area contributed by atoms with Crippen LogP contribution < -0.4 is 25.4 Å². The number of piperazine rings is 1. The van der Waals surface area contributed by atoms with E-state index in [1.807, 2.05) is 11.8 Å². The summed E-state index contributed by atoms with van der Waals surface area (Å²) in [6.07, 6.45) is 0. The normalized spacial score (nSPS) is 15.3. The third kappa shape index (κ3) is 2.71. The molecule has 1 heterocycles. The zero-order valence-corrected chi connectivity index (χ0v) is 13.9. The van der Waals surface area contributed by atoms with Crippen LogP contribution in [0.2, 0.25) is 0 Å². The Morgan fingerprint density at radius 3 is 2.30 bits per heavy atom. The number of benzene rings is 1. The van der Waals surface area contributed by atoms with Crippen molar-refractivity contribution in [3.05, 3.63) is 49.8 Å². The van der Waals surface area contributed by atoms with Crippen molar-refractivity contribution in [1.82, 2.24) is 0 Å². The van der Waals surface area contributed by atoms with E-state index >= 15 is 0 Å². The van der Waals surface area contributed by atoms with Gasteiger partial charge in [-0.05, 0) is 38.0 Å². The van der Waals surface area contributed by atoms with Gasteiger partial charge in [0.05, 0.1) is 6.61 Å². The molecule has 0 spiro atoms. The number of rotatable bonds is 4. The Kier molecular flexibility index (Phi) is 4.11. The number of ether oxygens (including phenoxy) is 1. The fourth-order valence-electron chi connectivity index (χ4n) is 3.16.